The molecule has 1 amide bonds. The fourth-order valence-electron chi connectivity index (χ4n) is 10.6. The molecule has 2 fully saturated rings. The molecule has 0 atom stereocenters. The van der Waals surface area contributed by atoms with Crippen LogP contribution in [0.1, 0.15) is 98.6 Å². The molecular weight excluding hydrogens is 1190 g/mol. The highest BCUT2D eigenvalue weighted by Gasteiger charge is 2.41. The summed E-state index contributed by atoms with van der Waals surface area (Å²) in [5.41, 5.74) is 7.34. The van der Waals surface area contributed by atoms with E-state index in [0.29, 0.717) is 116 Å². The molecule has 9 rings (SSSR count). The first-order valence-corrected chi connectivity index (χ1v) is 29.9. The molecule has 0 aliphatic carbocycles. The Labute approximate surface area is 528 Å². The first-order chi connectivity index (χ1) is 42.8. The van der Waals surface area contributed by atoms with Crippen LogP contribution in [0, 0.1) is 38.5 Å². The summed E-state index contributed by atoms with van der Waals surface area (Å²) in [6, 6.07) is 30.4. The van der Waals surface area contributed by atoms with Crippen molar-refractivity contribution in [2.75, 3.05) is 81.8 Å². The van der Waals surface area contributed by atoms with Crippen molar-refractivity contribution in [3.05, 3.63) is 148 Å². The topological polar surface area (TPSA) is 165 Å². The lowest BCUT2D eigenvalue weighted by Crippen LogP contribution is -2.48. The number of ether oxygens (including phenoxy) is 8. The van der Waals surface area contributed by atoms with Crippen LogP contribution in [0.4, 0.5) is 49.4 Å². The molecule has 91 heavy (non-hydrogen) atoms. The number of benzene rings is 4. The number of halogens is 6. The molecule has 23 heteroatoms. The minimum atomic E-state index is -4.69. The monoisotopic (exact) mass is 1270 g/mol. The lowest BCUT2D eigenvalue weighted by atomic mass is 9.91. The Hall–Kier alpha value is -7.86. The molecule has 2 aliphatic rings. The highest BCUT2D eigenvalue weighted by molar-refractivity contribution is 5.99. The Morgan fingerprint density at radius 3 is 1.29 bits per heavy atom. The summed E-state index contributed by atoms with van der Waals surface area (Å²) in [5.74, 6) is 0.976. The van der Waals surface area contributed by atoms with E-state index in [9.17, 15) is 31.1 Å². The van der Waals surface area contributed by atoms with E-state index < -0.39 is 53.5 Å². The van der Waals surface area contributed by atoms with Gasteiger partial charge in [-0.15, -0.1) is 0 Å². The van der Waals surface area contributed by atoms with Crippen molar-refractivity contribution in [3.8, 4) is 23.0 Å². The number of aryl methyl sites for hydroxylation is 3. The van der Waals surface area contributed by atoms with E-state index in [1.54, 1.807) is 33.0 Å². The largest absolute Gasteiger partial charge is 0.497 e. The van der Waals surface area contributed by atoms with Crippen molar-refractivity contribution in [1.29, 1.82) is 0 Å². The molecule has 0 saturated carbocycles. The van der Waals surface area contributed by atoms with Crippen LogP contribution < -0.4 is 39.4 Å². The number of imidazole rings is 1. The molecular formula is C68H84F6N8O9. The van der Waals surface area contributed by atoms with Crippen LogP contribution in [0.25, 0.3) is 11.0 Å². The standard InChI is InChI=1S/C34H43F3N4O5.C34H41F3N4O4/c1-22-23(2)39-31(41(17-24-8-12-26(43-6)13-9-24)18-25-10-14-27(44-7)15-11-25)30(40-28(42)16-34(35,36)37)29(22)38-19-33(5)20-45-32(3,4)46-21-33;1-22-23(2)38-31(40(17-24-8-12-26(42-6)13-9-24)18-25-10-14-27(43-7)15-11-25)29-30(22)41(28(39-29)16-34(35,36)37)19-33(5)20-44-32(3,4)45-21-33/h8-15H,16-21H2,1-7H3,(H,38,39)(H,40,42);8-15H,16-21H2,1-7H3. The molecule has 0 radical (unpaired) electrons. The molecule has 492 valence electrons. The number of hydrogen-bond donors (Lipinski definition) is 2. The van der Waals surface area contributed by atoms with E-state index in [4.69, 9.17) is 52.8 Å². The highest BCUT2D eigenvalue weighted by atomic mass is 19.4. The van der Waals surface area contributed by atoms with Gasteiger partial charge in [0.1, 0.15) is 52.9 Å². The van der Waals surface area contributed by atoms with Crippen LogP contribution in [0.3, 0.4) is 0 Å². The fraction of sp³-hybridized carbons (Fsp3) is 0.471. The summed E-state index contributed by atoms with van der Waals surface area (Å²) in [7, 11) is 6.40. The quantitative estimate of drug-likeness (QED) is 0.0615. The summed E-state index contributed by atoms with van der Waals surface area (Å²) in [6.45, 7) is 22.4. The van der Waals surface area contributed by atoms with Gasteiger partial charge in [0, 0.05) is 61.5 Å². The van der Waals surface area contributed by atoms with Crippen LogP contribution in [-0.4, -0.2) is 111 Å². The average Bonchev–Trinajstić information content (AvgIpc) is 1.67. The molecule has 7 aromatic rings. The zero-order chi connectivity index (χ0) is 66.3. The number of amides is 1. The molecule has 2 aliphatic heterocycles. The normalized spacial score (nSPS) is 15.9. The number of hydrogen-bond acceptors (Lipinski definition) is 15. The number of nitrogens with one attached hydrogen (secondary N) is 2. The number of rotatable bonds is 22. The summed E-state index contributed by atoms with van der Waals surface area (Å²) < 4.78 is 129. The van der Waals surface area contributed by atoms with Crippen molar-refractivity contribution in [3.63, 3.8) is 0 Å². The third kappa shape index (κ3) is 18.4. The van der Waals surface area contributed by atoms with Gasteiger partial charge >= 0.3 is 12.4 Å². The number of nitrogens with zero attached hydrogens (tertiary/aromatic N) is 6. The van der Waals surface area contributed by atoms with Crippen LogP contribution in [-0.2, 0) is 62.9 Å². The predicted molar refractivity (Wildman–Crippen MR) is 338 cm³/mol. The van der Waals surface area contributed by atoms with E-state index in [1.807, 2.05) is 171 Å². The second-order valence-corrected chi connectivity index (χ2v) is 25.0. The van der Waals surface area contributed by atoms with Gasteiger partial charge in [-0.05, 0) is 137 Å². The Balaban J connectivity index is 0.000000235. The number of carbonyl (C=O) groups is 1. The Morgan fingerprint density at radius 1 is 0.527 bits per heavy atom. The maximum absolute atomic E-state index is 14.0. The molecule has 2 saturated heterocycles. The first kappa shape index (κ1) is 69.0. The van der Waals surface area contributed by atoms with Gasteiger partial charge in [0.2, 0.25) is 5.91 Å². The Kier molecular flexibility index (Phi) is 21.5. The zero-order valence-corrected chi connectivity index (χ0v) is 54.3. The fourth-order valence-corrected chi connectivity index (χ4v) is 10.6. The number of carbonyl (C=O) groups excluding carboxylic acids is 1. The number of fused-ring (bicyclic) bond motifs is 1. The molecule has 0 spiro atoms. The van der Waals surface area contributed by atoms with Gasteiger partial charge in [-0.25, -0.2) is 15.0 Å². The molecule has 0 bridgehead atoms. The summed E-state index contributed by atoms with van der Waals surface area (Å²) in [5, 5.41) is 6.00. The number of aromatic nitrogens is 4. The van der Waals surface area contributed by atoms with Crippen molar-refractivity contribution < 1.29 is 69.0 Å². The molecule has 2 N–H and O–H groups in total. The van der Waals surface area contributed by atoms with Gasteiger partial charge in [0.15, 0.2) is 23.2 Å². The third-order valence-electron chi connectivity index (χ3n) is 16.1. The minimum Gasteiger partial charge on any atom is -0.497 e. The third-order valence-corrected chi connectivity index (χ3v) is 16.1. The van der Waals surface area contributed by atoms with Gasteiger partial charge < -0.3 is 62.9 Å². The van der Waals surface area contributed by atoms with Crippen LogP contribution in [0.5, 0.6) is 23.0 Å². The molecule has 3 aromatic heterocycles. The van der Waals surface area contributed by atoms with Gasteiger partial charge in [-0.2, -0.15) is 26.3 Å². The predicted octanol–water partition coefficient (Wildman–Crippen LogP) is 14.2. The zero-order valence-electron chi connectivity index (χ0n) is 54.3. The van der Waals surface area contributed by atoms with Crippen LogP contribution >= 0.6 is 0 Å². The maximum Gasteiger partial charge on any atom is 0.397 e. The molecule has 5 heterocycles. The molecule has 0 unspecified atom stereocenters. The second kappa shape index (κ2) is 28.3. The van der Waals surface area contributed by atoms with Crippen molar-refractivity contribution in [1.82, 2.24) is 19.5 Å². The van der Waals surface area contributed by atoms with E-state index in [2.05, 4.69) is 15.5 Å². The summed E-state index contributed by atoms with van der Waals surface area (Å²) in [6.07, 6.45) is -11.9. The summed E-state index contributed by atoms with van der Waals surface area (Å²) in [4.78, 5) is 31.4. The van der Waals surface area contributed by atoms with Crippen molar-refractivity contribution in [2.45, 2.75) is 139 Å². The molecule has 17 nitrogen and oxygen atoms in total. The lowest BCUT2D eigenvalue weighted by molar-refractivity contribution is -0.284. The average molecular weight is 1270 g/mol. The van der Waals surface area contributed by atoms with Gasteiger partial charge in [-0.3, -0.25) is 4.79 Å². The second-order valence-electron chi connectivity index (χ2n) is 25.0. The van der Waals surface area contributed by atoms with Gasteiger partial charge in [0.25, 0.3) is 0 Å². The number of anilines is 4. The van der Waals surface area contributed by atoms with Crippen LogP contribution in [0.15, 0.2) is 97.1 Å². The lowest BCUT2D eigenvalue weighted by Gasteiger charge is -2.41. The van der Waals surface area contributed by atoms with Gasteiger partial charge in [-0.1, -0.05) is 62.4 Å². The summed E-state index contributed by atoms with van der Waals surface area (Å²) >= 11 is 0. The minimum absolute atomic E-state index is 0.0610. The first-order valence-electron chi connectivity index (χ1n) is 29.9. The van der Waals surface area contributed by atoms with Crippen molar-refractivity contribution >= 4 is 40.0 Å². The maximum atomic E-state index is 14.0. The smallest absolute Gasteiger partial charge is 0.397 e. The number of alkyl halides is 6. The number of pyridine rings is 2. The van der Waals surface area contributed by atoms with Crippen LogP contribution in [0.2, 0.25) is 0 Å². The van der Waals surface area contributed by atoms with E-state index in [0.717, 1.165) is 39.3 Å². The Bertz CT molecular complexity index is 3480. The highest BCUT2D eigenvalue weighted by Crippen LogP contribution is 2.42. The number of methoxy groups -OCH3 is 4. The van der Waals surface area contributed by atoms with E-state index in [1.165, 1.54) is 0 Å². The van der Waals surface area contributed by atoms with E-state index >= 15 is 0 Å². The van der Waals surface area contributed by atoms with Gasteiger partial charge in [0.05, 0.1) is 66.1 Å². The van der Waals surface area contributed by atoms with Crippen molar-refractivity contribution in [2.24, 2.45) is 10.8 Å². The van der Waals surface area contributed by atoms with E-state index in [-0.39, 0.29) is 18.1 Å². The SMILES string of the molecule is COc1ccc(CN(Cc2ccc(OC)cc2)c2nc(C)c(C)c(NCC3(C)COC(C)(C)OC3)c2NC(=O)CC(F)(F)F)cc1.COc1ccc(CN(Cc2ccc(OC)cc2)c2nc(C)c(C)c3c2nc(CC(F)(F)F)n3CC2(C)COC(C)(C)OC2)cc1. The Morgan fingerprint density at radius 2 is 0.901 bits per heavy atom. The molecule has 4 aromatic carbocycles.